The fraction of sp³-hybridized carbons (Fsp3) is 0.316. The van der Waals surface area contributed by atoms with E-state index < -0.39 is 11.5 Å². The first-order valence-corrected chi connectivity index (χ1v) is 7.48. The number of amides is 1. The Hall–Kier alpha value is -2.13. The van der Waals surface area contributed by atoms with Gasteiger partial charge in [0.05, 0.1) is 5.92 Å². The predicted octanol–water partition coefficient (Wildman–Crippen LogP) is 2.84. The Labute approximate surface area is 132 Å². The number of aliphatic hydroxyl groups is 1. The zero-order chi connectivity index (χ0) is 16.2. The summed E-state index contributed by atoms with van der Waals surface area (Å²) in [4.78, 5) is 14.0. The molecule has 1 N–H and O–H groups in total. The van der Waals surface area contributed by atoms with Crippen LogP contribution < -0.4 is 0 Å². The van der Waals surface area contributed by atoms with Crippen molar-refractivity contribution in [1.29, 1.82) is 0 Å². The van der Waals surface area contributed by atoms with Crippen molar-refractivity contribution in [3.8, 4) is 0 Å². The van der Waals surface area contributed by atoms with Crippen molar-refractivity contribution in [2.75, 3.05) is 14.1 Å². The van der Waals surface area contributed by atoms with Gasteiger partial charge in [-0.05, 0) is 11.1 Å². The van der Waals surface area contributed by atoms with Gasteiger partial charge >= 0.3 is 0 Å². The zero-order valence-corrected chi connectivity index (χ0v) is 13.4. The Bertz CT molecular complexity index is 610. The summed E-state index contributed by atoms with van der Waals surface area (Å²) in [6, 6.07) is 19.2. The number of carbonyl (C=O) groups is 1. The summed E-state index contributed by atoms with van der Waals surface area (Å²) < 4.78 is 0. The summed E-state index contributed by atoms with van der Waals surface area (Å²) >= 11 is 0. The van der Waals surface area contributed by atoms with Crippen LogP contribution in [-0.4, -0.2) is 30.0 Å². The number of nitrogens with zero attached hydrogens (tertiary/aromatic N) is 1. The van der Waals surface area contributed by atoms with Gasteiger partial charge in [-0.1, -0.05) is 67.6 Å². The van der Waals surface area contributed by atoms with Crippen LogP contribution in [0.25, 0.3) is 0 Å². The number of carbonyl (C=O) groups excluding carboxylic acids is 1. The monoisotopic (exact) mass is 297 g/mol. The van der Waals surface area contributed by atoms with Crippen LogP contribution in [0.3, 0.4) is 0 Å². The molecule has 3 nitrogen and oxygen atoms in total. The Morgan fingerprint density at radius 3 is 2.05 bits per heavy atom. The van der Waals surface area contributed by atoms with Gasteiger partial charge in [0.15, 0.2) is 0 Å². The van der Waals surface area contributed by atoms with E-state index in [-0.39, 0.29) is 5.91 Å². The number of rotatable bonds is 5. The van der Waals surface area contributed by atoms with Gasteiger partial charge < -0.3 is 10.0 Å². The molecule has 0 aliphatic carbocycles. The van der Waals surface area contributed by atoms with Gasteiger partial charge in [-0.2, -0.15) is 0 Å². The molecule has 116 valence electrons. The van der Waals surface area contributed by atoms with Crippen LogP contribution in [0.4, 0.5) is 0 Å². The molecule has 0 aliphatic rings. The van der Waals surface area contributed by atoms with Crippen molar-refractivity contribution in [2.45, 2.75) is 18.9 Å². The molecular formula is C19H23NO2. The maximum atomic E-state index is 12.4. The smallest absolute Gasteiger partial charge is 0.228 e. The van der Waals surface area contributed by atoms with E-state index in [0.29, 0.717) is 6.42 Å². The standard InChI is InChI=1S/C19H23NO2/c1-15(18(21)20(2)3)19(22,17-12-8-5-9-13-17)14-16-10-6-4-7-11-16/h4-13,15,22H,14H2,1-3H3. The molecule has 0 aliphatic heterocycles. The van der Waals surface area contributed by atoms with Crippen molar-refractivity contribution in [3.05, 3.63) is 71.8 Å². The molecule has 0 spiro atoms. The largest absolute Gasteiger partial charge is 0.384 e. The Kier molecular flexibility index (Phi) is 4.99. The van der Waals surface area contributed by atoms with E-state index in [0.717, 1.165) is 11.1 Å². The Morgan fingerprint density at radius 2 is 1.55 bits per heavy atom. The van der Waals surface area contributed by atoms with Gasteiger partial charge in [0, 0.05) is 20.5 Å². The molecule has 0 bridgehead atoms. The van der Waals surface area contributed by atoms with Crippen molar-refractivity contribution in [1.82, 2.24) is 4.90 Å². The fourth-order valence-electron chi connectivity index (χ4n) is 2.73. The third-order valence-electron chi connectivity index (χ3n) is 4.12. The number of hydrogen-bond acceptors (Lipinski definition) is 2. The van der Waals surface area contributed by atoms with Gasteiger partial charge in [0.2, 0.25) is 5.91 Å². The lowest BCUT2D eigenvalue weighted by Crippen LogP contribution is -2.44. The van der Waals surface area contributed by atoms with Crippen LogP contribution in [0.5, 0.6) is 0 Å². The van der Waals surface area contributed by atoms with Crippen LogP contribution in [0, 0.1) is 5.92 Å². The molecule has 2 aromatic rings. The van der Waals surface area contributed by atoms with E-state index in [1.807, 2.05) is 60.7 Å². The fourth-order valence-corrected chi connectivity index (χ4v) is 2.73. The van der Waals surface area contributed by atoms with Crippen LogP contribution in [0.15, 0.2) is 60.7 Å². The first-order valence-electron chi connectivity index (χ1n) is 7.48. The highest BCUT2D eigenvalue weighted by Crippen LogP contribution is 2.34. The lowest BCUT2D eigenvalue weighted by Gasteiger charge is -2.35. The third kappa shape index (κ3) is 3.37. The quantitative estimate of drug-likeness (QED) is 0.922. The highest BCUT2D eigenvalue weighted by molar-refractivity contribution is 5.79. The van der Waals surface area contributed by atoms with Crippen LogP contribution >= 0.6 is 0 Å². The lowest BCUT2D eigenvalue weighted by atomic mass is 9.77. The van der Waals surface area contributed by atoms with Crippen molar-refractivity contribution < 1.29 is 9.90 Å². The summed E-state index contributed by atoms with van der Waals surface area (Å²) in [5, 5.41) is 11.4. The Morgan fingerprint density at radius 1 is 1.05 bits per heavy atom. The molecule has 22 heavy (non-hydrogen) atoms. The summed E-state index contributed by atoms with van der Waals surface area (Å²) in [5.74, 6) is -0.618. The molecular weight excluding hydrogens is 274 g/mol. The van der Waals surface area contributed by atoms with Gasteiger partial charge in [-0.25, -0.2) is 0 Å². The summed E-state index contributed by atoms with van der Waals surface area (Å²) in [7, 11) is 3.43. The first kappa shape index (κ1) is 16.2. The minimum Gasteiger partial charge on any atom is -0.384 e. The molecule has 2 unspecified atom stereocenters. The highest BCUT2D eigenvalue weighted by atomic mass is 16.3. The van der Waals surface area contributed by atoms with E-state index in [4.69, 9.17) is 0 Å². The maximum absolute atomic E-state index is 12.4. The normalized spacial score (nSPS) is 14.9. The van der Waals surface area contributed by atoms with Gasteiger partial charge in [-0.15, -0.1) is 0 Å². The maximum Gasteiger partial charge on any atom is 0.228 e. The molecule has 0 saturated carbocycles. The second kappa shape index (κ2) is 6.75. The average Bonchev–Trinajstić information content (AvgIpc) is 2.55. The molecule has 2 aromatic carbocycles. The zero-order valence-electron chi connectivity index (χ0n) is 13.4. The van der Waals surface area contributed by atoms with E-state index in [2.05, 4.69) is 0 Å². The van der Waals surface area contributed by atoms with Gasteiger partial charge in [0.25, 0.3) is 0 Å². The van der Waals surface area contributed by atoms with Crippen LogP contribution in [0.1, 0.15) is 18.1 Å². The van der Waals surface area contributed by atoms with Crippen molar-refractivity contribution in [3.63, 3.8) is 0 Å². The molecule has 0 fully saturated rings. The molecule has 1 amide bonds. The molecule has 2 rings (SSSR count). The second-order valence-corrected chi connectivity index (χ2v) is 5.91. The lowest BCUT2D eigenvalue weighted by molar-refractivity contribution is -0.142. The van der Waals surface area contributed by atoms with E-state index in [1.54, 1.807) is 21.0 Å². The first-order chi connectivity index (χ1) is 10.4. The second-order valence-electron chi connectivity index (χ2n) is 5.91. The van der Waals surface area contributed by atoms with Crippen LogP contribution in [0.2, 0.25) is 0 Å². The molecule has 2 atom stereocenters. The van der Waals surface area contributed by atoms with Crippen molar-refractivity contribution in [2.24, 2.45) is 5.92 Å². The summed E-state index contributed by atoms with van der Waals surface area (Å²) in [5.41, 5.74) is 0.540. The van der Waals surface area contributed by atoms with Gasteiger partial charge in [0.1, 0.15) is 5.60 Å². The van der Waals surface area contributed by atoms with E-state index >= 15 is 0 Å². The average molecular weight is 297 g/mol. The molecule has 0 radical (unpaired) electrons. The topological polar surface area (TPSA) is 40.5 Å². The van der Waals surface area contributed by atoms with E-state index in [9.17, 15) is 9.90 Å². The van der Waals surface area contributed by atoms with Crippen LogP contribution in [-0.2, 0) is 16.8 Å². The highest BCUT2D eigenvalue weighted by Gasteiger charge is 2.40. The number of benzene rings is 2. The minimum atomic E-state index is -1.23. The Balaban J connectivity index is 2.42. The SMILES string of the molecule is CC(C(=O)N(C)C)C(O)(Cc1ccccc1)c1ccccc1. The summed E-state index contributed by atoms with van der Waals surface area (Å²) in [6.07, 6.45) is 0.401. The molecule has 3 heteroatoms. The van der Waals surface area contributed by atoms with Gasteiger partial charge in [-0.3, -0.25) is 4.79 Å². The molecule has 0 heterocycles. The minimum absolute atomic E-state index is 0.0812. The van der Waals surface area contributed by atoms with E-state index in [1.165, 1.54) is 4.90 Å². The predicted molar refractivity (Wildman–Crippen MR) is 88.3 cm³/mol. The third-order valence-corrected chi connectivity index (χ3v) is 4.12. The molecule has 0 aromatic heterocycles. The summed E-state index contributed by atoms with van der Waals surface area (Å²) in [6.45, 7) is 1.79. The van der Waals surface area contributed by atoms with Crippen molar-refractivity contribution >= 4 is 5.91 Å². The molecule has 0 saturated heterocycles. The number of hydrogen-bond donors (Lipinski definition) is 1.